The third-order valence-electron chi connectivity index (χ3n) is 2.66. The van der Waals surface area contributed by atoms with Crippen LogP contribution in [0.5, 0.6) is 5.75 Å². The lowest BCUT2D eigenvalue weighted by molar-refractivity contribution is 0.0991. The fourth-order valence-electron chi connectivity index (χ4n) is 1.73. The first-order valence-corrected chi connectivity index (χ1v) is 5.81. The number of nitrogens with zero attached hydrogens (tertiary/aromatic N) is 1. The van der Waals surface area contributed by atoms with E-state index in [2.05, 4.69) is 4.98 Å². The number of aromatic nitrogens is 1. The van der Waals surface area contributed by atoms with Gasteiger partial charge in [0, 0.05) is 11.9 Å². The van der Waals surface area contributed by atoms with Gasteiger partial charge in [0.2, 0.25) is 0 Å². The van der Waals surface area contributed by atoms with Crippen molar-refractivity contribution < 1.29 is 18.3 Å². The van der Waals surface area contributed by atoms with E-state index >= 15 is 0 Å². The number of hydrogen-bond donors (Lipinski definition) is 1. The lowest BCUT2D eigenvalue weighted by Gasteiger charge is -2.10. The number of pyridine rings is 1. The molecule has 2 aromatic rings. The SMILES string of the molecule is Cc1cc(COc2ccc(F)c(C(N)=O)c2F)ccn1. The van der Waals surface area contributed by atoms with Gasteiger partial charge < -0.3 is 10.5 Å². The molecule has 0 radical (unpaired) electrons. The van der Waals surface area contributed by atoms with Crippen molar-refractivity contribution in [3.8, 4) is 5.75 Å². The third-order valence-corrected chi connectivity index (χ3v) is 2.66. The Balaban J connectivity index is 2.22. The maximum atomic E-state index is 13.9. The van der Waals surface area contributed by atoms with Crippen molar-refractivity contribution >= 4 is 5.91 Å². The fourth-order valence-corrected chi connectivity index (χ4v) is 1.73. The molecule has 2 N–H and O–H groups in total. The Labute approximate surface area is 114 Å². The van der Waals surface area contributed by atoms with E-state index in [9.17, 15) is 13.6 Å². The molecule has 4 nitrogen and oxygen atoms in total. The number of halogens is 2. The van der Waals surface area contributed by atoms with E-state index in [1.807, 2.05) is 6.92 Å². The summed E-state index contributed by atoms with van der Waals surface area (Å²) in [5, 5.41) is 0. The van der Waals surface area contributed by atoms with Crippen LogP contribution in [-0.4, -0.2) is 10.9 Å². The first kappa shape index (κ1) is 13.9. The minimum absolute atomic E-state index is 0.0735. The first-order valence-electron chi connectivity index (χ1n) is 5.81. The highest BCUT2D eigenvalue weighted by Gasteiger charge is 2.19. The Morgan fingerprint density at radius 2 is 2.10 bits per heavy atom. The van der Waals surface area contributed by atoms with Gasteiger partial charge in [0.15, 0.2) is 11.6 Å². The summed E-state index contributed by atoms with van der Waals surface area (Å²) in [7, 11) is 0. The molecule has 104 valence electrons. The average Bonchev–Trinajstić information content (AvgIpc) is 2.37. The number of benzene rings is 1. The van der Waals surface area contributed by atoms with Gasteiger partial charge in [-0.05, 0) is 36.8 Å². The molecule has 0 aliphatic rings. The average molecular weight is 278 g/mol. The second-order valence-electron chi connectivity index (χ2n) is 4.19. The molecule has 1 aromatic carbocycles. The van der Waals surface area contributed by atoms with Gasteiger partial charge in [-0.25, -0.2) is 8.78 Å². The monoisotopic (exact) mass is 278 g/mol. The van der Waals surface area contributed by atoms with Crippen LogP contribution in [0.1, 0.15) is 21.6 Å². The molecule has 1 heterocycles. The number of aryl methyl sites for hydroxylation is 1. The molecular formula is C14H12F2N2O2. The minimum atomic E-state index is -1.18. The standard InChI is InChI=1S/C14H12F2N2O2/c1-8-6-9(4-5-18-8)7-20-11-3-2-10(15)12(13(11)16)14(17)19/h2-6H,7H2,1H3,(H2,17,19). The third kappa shape index (κ3) is 2.90. The predicted octanol–water partition coefficient (Wildman–Crippen LogP) is 2.35. The highest BCUT2D eigenvalue weighted by Crippen LogP contribution is 2.23. The normalized spacial score (nSPS) is 10.3. The second kappa shape index (κ2) is 5.64. The van der Waals surface area contributed by atoms with Gasteiger partial charge in [-0.3, -0.25) is 9.78 Å². The maximum Gasteiger partial charge on any atom is 0.254 e. The number of rotatable bonds is 4. The van der Waals surface area contributed by atoms with E-state index in [-0.39, 0.29) is 12.4 Å². The summed E-state index contributed by atoms with van der Waals surface area (Å²) < 4.78 is 32.4. The molecule has 1 amide bonds. The van der Waals surface area contributed by atoms with Crippen LogP contribution in [0.3, 0.4) is 0 Å². The van der Waals surface area contributed by atoms with Gasteiger partial charge in [0.1, 0.15) is 18.0 Å². The molecule has 0 saturated heterocycles. The Kier molecular flexibility index (Phi) is 3.93. The molecule has 0 spiro atoms. The summed E-state index contributed by atoms with van der Waals surface area (Å²) in [5.74, 6) is -3.51. The zero-order valence-corrected chi connectivity index (χ0v) is 10.7. The Morgan fingerprint density at radius 1 is 1.35 bits per heavy atom. The summed E-state index contributed by atoms with van der Waals surface area (Å²) in [4.78, 5) is 15.0. The number of hydrogen-bond acceptors (Lipinski definition) is 3. The van der Waals surface area contributed by atoms with Crippen LogP contribution in [0.25, 0.3) is 0 Å². The van der Waals surface area contributed by atoms with Gasteiger partial charge in [-0.15, -0.1) is 0 Å². The lowest BCUT2D eigenvalue weighted by Crippen LogP contribution is -2.16. The Hall–Kier alpha value is -2.50. The highest BCUT2D eigenvalue weighted by molar-refractivity contribution is 5.93. The summed E-state index contributed by atoms with van der Waals surface area (Å²) in [6.45, 7) is 1.89. The lowest BCUT2D eigenvalue weighted by atomic mass is 10.1. The van der Waals surface area contributed by atoms with E-state index in [0.29, 0.717) is 0 Å². The molecule has 0 aliphatic heterocycles. The van der Waals surface area contributed by atoms with E-state index < -0.39 is 23.1 Å². The van der Waals surface area contributed by atoms with Crippen LogP contribution >= 0.6 is 0 Å². The summed E-state index contributed by atoms with van der Waals surface area (Å²) in [6.07, 6.45) is 1.60. The summed E-state index contributed by atoms with van der Waals surface area (Å²) in [6, 6.07) is 5.54. The molecule has 20 heavy (non-hydrogen) atoms. The minimum Gasteiger partial charge on any atom is -0.486 e. The second-order valence-corrected chi connectivity index (χ2v) is 4.19. The Morgan fingerprint density at radius 3 is 2.75 bits per heavy atom. The number of ether oxygens (including phenoxy) is 1. The fraction of sp³-hybridized carbons (Fsp3) is 0.143. The number of amides is 1. The molecule has 0 fully saturated rings. The molecule has 0 aliphatic carbocycles. The van der Waals surface area contributed by atoms with Gasteiger partial charge in [0.25, 0.3) is 5.91 Å². The predicted molar refractivity (Wildman–Crippen MR) is 68.2 cm³/mol. The topological polar surface area (TPSA) is 65.2 Å². The summed E-state index contributed by atoms with van der Waals surface area (Å²) >= 11 is 0. The van der Waals surface area contributed by atoms with Crippen molar-refractivity contribution in [2.75, 3.05) is 0 Å². The molecule has 2 rings (SSSR count). The largest absolute Gasteiger partial charge is 0.486 e. The van der Waals surface area contributed by atoms with Gasteiger partial charge in [-0.1, -0.05) is 0 Å². The van der Waals surface area contributed by atoms with Gasteiger partial charge in [0.05, 0.1) is 0 Å². The van der Waals surface area contributed by atoms with E-state index in [1.165, 1.54) is 0 Å². The van der Waals surface area contributed by atoms with E-state index in [1.54, 1.807) is 18.3 Å². The molecular weight excluding hydrogens is 266 g/mol. The van der Waals surface area contributed by atoms with Gasteiger partial charge >= 0.3 is 0 Å². The van der Waals surface area contributed by atoms with Crippen molar-refractivity contribution in [1.29, 1.82) is 0 Å². The van der Waals surface area contributed by atoms with Crippen LogP contribution < -0.4 is 10.5 Å². The molecule has 0 saturated carbocycles. The molecule has 0 unspecified atom stereocenters. The molecule has 1 aromatic heterocycles. The van der Waals surface area contributed by atoms with Crippen LogP contribution in [0.2, 0.25) is 0 Å². The van der Waals surface area contributed by atoms with Crippen molar-refractivity contribution in [1.82, 2.24) is 4.98 Å². The van der Waals surface area contributed by atoms with Crippen molar-refractivity contribution in [2.45, 2.75) is 13.5 Å². The van der Waals surface area contributed by atoms with Crippen LogP contribution in [0.15, 0.2) is 30.5 Å². The number of primary amides is 1. The molecule has 6 heteroatoms. The number of nitrogens with two attached hydrogens (primary N) is 1. The van der Waals surface area contributed by atoms with Crippen LogP contribution in [0, 0.1) is 18.6 Å². The van der Waals surface area contributed by atoms with Crippen molar-refractivity contribution in [2.24, 2.45) is 5.73 Å². The highest BCUT2D eigenvalue weighted by atomic mass is 19.1. The van der Waals surface area contributed by atoms with E-state index in [4.69, 9.17) is 10.5 Å². The van der Waals surface area contributed by atoms with Crippen LogP contribution in [0.4, 0.5) is 8.78 Å². The van der Waals surface area contributed by atoms with Crippen molar-refractivity contribution in [3.05, 3.63) is 58.9 Å². The first-order chi connectivity index (χ1) is 9.49. The zero-order valence-electron chi connectivity index (χ0n) is 10.7. The quantitative estimate of drug-likeness (QED) is 0.933. The van der Waals surface area contributed by atoms with E-state index in [0.717, 1.165) is 23.4 Å². The Bertz CT molecular complexity index is 660. The van der Waals surface area contributed by atoms with Gasteiger partial charge in [-0.2, -0.15) is 0 Å². The number of carbonyl (C=O) groups is 1. The van der Waals surface area contributed by atoms with Crippen molar-refractivity contribution in [3.63, 3.8) is 0 Å². The molecule has 0 atom stereocenters. The molecule has 0 bridgehead atoms. The smallest absolute Gasteiger partial charge is 0.254 e. The van der Waals surface area contributed by atoms with Crippen LogP contribution in [-0.2, 0) is 6.61 Å². The summed E-state index contributed by atoms with van der Waals surface area (Å²) in [5.41, 5.74) is 5.71. The zero-order chi connectivity index (χ0) is 14.7. The maximum absolute atomic E-state index is 13.9. The number of carbonyl (C=O) groups excluding carboxylic acids is 1.